The minimum absolute atomic E-state index is 0.551. The number of hydrogen-bond donors (Lipinski definition) is 2. The number of anilines is 2. The maximum atomic E-state index is 5.73. The second kappa shape index (κ2) is 5.16. The van der Waals surface area contributed by atoms with Crippen molar-refractivity contribution in [3.05, 3.63) is 54.2 Å². The van der Waals surface area contributed by atoms with Crippen molar-refractivity contribution in [3.8, 4) is 0 Å². The third kappa shape index (κ3) is 2.73. The molecule has 0 radical (unpaired) electrons. The lowest BCUT2D eigenvalue weighted by atomic mass is 10.1. The minimum Gasteiger partial charge on any atom is -0.382 e. The van der Waals surface area contributed by atoms with E-state index in [9.17, 15) is 0 Å². The number of hydrogen-bond acceptors (Lipinski definition) is 3. The van der Waals surface area contributed by atoms with Gasteiger partial charge in [0.2, 0.25) is 0 Å². The second-order valence-corrected chi connectivity index (χ2v) is 3.60. The molecule has 0 saturated heterocycles. The van der Waals surface area contributed by atoms with Gasteiger partial charge in [-0.1, -0.05) is 30.3 Å². The number of benzene rings is 1. The second-order valence-electron chi connectivity index (χ2n) is 3.60. The molecule has 0 aliphatic heterocycles. The molecular formula is C13H15N3. The summed E-state index contributed by atoms with van der Waals surface area (Å²) in [6.45, 7) is 0.861. The van der Waals surface area contributed by atoms with Crippen LogP contribution in [0.5, 0.6) is 0 Å². The Kier molecular flexibility index (Phi) is 3.38. The van der Waals surface area contributed by atoms with E-state index in [1.165, 1.54) is 5.56 Å². The van der Waals surface area contributed by atoms with Gasteiger partial charge in [-0.2, -0.15) is 0 Å². The number of aromatic nitrogens is 1. The van der Waals surface area contributed by atoms with Gasteiger partial charge in [0, 0.05) is 12.7 Å². The molecule has 3 N–H and O–H groups in total. The zero-order chi connectivity index (χ0) is 11.2. The van der Waals surface area contributed by atoms with Crippen molar-refractivity contribution >= 4 is 11.5 Å². The van der Waals surface area contributed by atoms with Gasteiger partial charge in [0.25, 0.3) is 0 Å². The van der Waals surface area contributed by atoms with Crippen molar-refractivity contribution in [2.75, 3.05) is 17.6 Å². The van der Waals surface area contributed by atoms with Gasteiger partial charge in [0.15, 0.2) is 0 Å². The van der Waals surface area contributed by atoms with Crippen LogP contribution >= 0.6 is 0 Å². The van der Waals surface area contributed by atoms with Gasteiger partial charge in [-0.15, -0.1) is 0 Å². The maximum absolute atomic E-state index is 5.73. The number of nitrogens with zero attached hydrogens (tertiary/aromatic N) is 1. The topological polar surface area (TPSA) is 50.9 Å². The highest BCUT2D eigenvalue weighted by Gasteiger charge is 1.97. The molecule has 3 heteroatoms. The molecule has 0 unspecified atom stereocenters. The maximum Gasteiger partial charge on any atom is 0.146 e. The van der Waals surface area contributed by atoms with Gasteiger partial charge in [-0.25, -0.2) is 4.98 Å². The van der Waals surface area contributed by atoms with Gasteiger partial charge in [0.1, 0.15) is 5.82 Å². The van der Waals surface area contributed by atoms with Crippen LogP contribution in [0.3, 0.4) is 0 Å². The monoisotopic (exact) mass is 213 g/mol. The van der Waals surface area contributed by atoms with Crippen molar-refractivity contribution < 1.29 is 0 Å². The Bertz CT molecular complexity index is 440. The number of pyridine rings is 1. The van der Waals surface area contributed by atoms with Crippen LogP contribution in [-0.2, 0) is 6.42 Å². The first-order valence-corrected chi connectivity index (χ1v) is 5.34. The highest BCUT2D eigenvalue weighted by atomic mass is 14.9. The molecule has 3 nitrogen and oxygen atoms in total. The summed E-state index contributed by atoms with van der Waals surface area (Å²) < 4.78 is 0. The fourth-order valence-electron chi connectivity index (χ4n) is 1.55. The smallest absolute Gasteiger partial charge is 0.146 e. The molecule has 0 saturated carbocycles. The van der Waals surface area contributed by atoms with E-state index in [0.717, 1.165) is 18.7 Å². The number of rotatable bonds is 4. The van der Waals surface area contributed by atoms with Crippen LogP contribution in [0.2, 0.25) is 0 Å². The Morgan fingerprint density at radius 2 is 1.88 bits per heavy atom. The summed E-state index contributed by atoms with van der Waals surface area (Å²) >= 11 is 0. The van der Waals surface area contributed by atoms with Crippen LogP contribution in [0, 0.1) is 0 Å². The lowest BCUT2D eigenvalue weighted by Gasteiger charge is -2.07. The van der Waals surface area contributed by atoms with Crippen molar-refractivity contribution in [3.63, 3.8) is 0 Å². The van der Waals surface area contributed by atoms with E-state index in [2.05, 4.69) is 22.4 Å². The SMILES string of the molecule is Nc1ncccc1NCCc1ccccc1. The van der Waals surface area contributed by atoms with Crippen LogP contribution in [0.25, 0.3) is 0 Å². The molecule has 1 aromatic heterocycles. The zero-order valence-corrected chi connectivity index (χ0v) is 9.06. The van der Waals surface area contributed by atoms with Gasteiger partial charge >= 0.3 is 0 Å². The molecule has 2 aromatic rings. The Hall–Kier alpha value is -2.03. The van der Waals surface area contributed by atoms with Crippen molar-refractivity contribution in [2.45, 2.75) is 6.42 Å². The highest BCUT2D eigenvalue weighted by molar-refractivity contribution is 5.60. The molecule has 82 valence electrons. The summed E-state index contributed by atoms with van der Waals surface area (Å²) in [6.07, 6.45) is 2.67. The zero-order valence-electron chi connectivity index (χ0n) is 9.06. The molecule has 0 aliphatic carbocycles. The van der Waals surface area contributed by atoms with Crippen molar-refractivity contribution in [1.82, 2.24) is 4.98 Å². The predicted molar refractivity (Wildman–Crippen MR) is 67.3 cm³/mol. The van der Waals surface area contributed by atoms with Gasteiger partial charge in [0.05, 0.1) is 5.69 Å². The fourth-order valence-corrected chi connectivity index (χ4v) is 1.55. The van der Waals surface area contributed by atoms with Crippen LogP contribution in [0.4, 0.5) is 11.5 Å². The van der Waals surface area contributed by atoms with Crippen LogP contribution < -0.4 is 11.1 Å². The Morgan fingerprint density at radius 1 is 1.06 bits per heavy atom. The number of nitrogen functional groups attached to an aromatic ring is 1. The lowest BCUT2D eigenvalue weighted by molar-refractivity contribution is 1.02. The van der Waals surface area contributed by atoms with Crippen molar-refractivity contribution in [2.24, 2.45) is 0 Å². The van der Waals surface area contributed by atoms with E-state index in [1.807, 2.05) is 30.3 Å². The minimum atomic E-state index is 0.551. The van der Waals surface area contributed by atoms with E-state index in [-0.39, 0.29) is 0 Å². The summed E-state index contributed by atoms with van der Waals surface area (Å²) in [5.41, 5.74) is 7.94. The largest absolute Gasteiger partial charge is 0.382 e. The van der Waals surface area contributed by atoms with Crippen LogP contribution in [0.15, 0.2) is 48.7 Å². The standard InChI is InChI=1S/C13H15N3/c14-13-12(7-4-9-16-13)15-10-8-11-5-2-1-3-6-11/h1-7,9,15H,8,10H2,(H2,14,16). The predicted octanol–water partition coefficient (Wildman–Crippen LogP) is 2.32. The highest BCUT2D eigenvalue weighted by Crippen LogP contribution is 2.13. The Morgan fingerprint density at radius 3 is 2.62 bits per heavy atom. The summed E-state index contributed by atoms with van der Waals surface area (Å²) in [5.74, 6) is 0.551. The van der Waals surface area contributed by atoms with Gasteiger partial charge < -0.3 is 11.1 Å². The summed E-state index contributed by atoms with van der Waals surface area (Å²) in [6, 6.07) is 14.2. The van der Waals surface area contributed by atoms with Crippen molar-refractivity contribution in [1.29, 1.82) is 0 Å². The first-order valence-electron chi connectivity index (χ1n) is 5.34. The first-order chi connectivity index (χ1) is 7.86. The molecular weight excluding hydrogens is 198 g/mol. The molecule has 0 spiro atoms. The summed E-state index contributed by atoms with van der Waals surface area (Å²) in [5, 5.41) is 3.27. The molecule has 1 heterocycles. The van der Waals surface area contributed by atoms with E-state index in [0.29, 0.717) is 5.82 Å². The fraction of sp³-hybridized carbons (Fsp3) is 0.154. The molecule has 2 rings (SSSR count). The van der Waals surface area contributed by atoms with Gasteiger partial charge in [-0.05, 0) is 24.1 Å². The van der Waals surface area contributed by atoms with Crippen LogP contribution in [-0.4, -0.2) is 11.5 Å². The molecule has 0 amide bonds. The number of nitrogens with one attached hydrogen (secondary N) is 1. The van der Waals surface area contributed by atoms with E-state index < -0.39 is 0 Å². The Labute approximate surface area is 95.3 Å². The molecule has 0 atom stereocenters. The van der Waals surface area contributed by atoms with E-state index >= 15 is 0 Å². The normalized spacial score (nSPS) is 10.0. The molecule has 1 aromatic carbocycles. The third-order valence-electron chi connectivity index (χ3n) is 2.41. The average molecular weight is 213 g/mol. The summed E-state index contributed by atoms with van der Waals surface area (Å²) in [4.78, 5) is 4.02. The summed E-state index contributed by atoms with van der Waals surface area (Å²) in [7, 11) is 0. The third-order valence-corrected chi connectivity index (χ3v) is 2.41. The van der Waals surface area contributed by atoms with Gasteiger partial charge in [-0.3, -0.25) is 0 Å². The molecule has 16 heavy (non-hydrogen) atoms. The van der Waals surface area contributed by atoms with E-state index in [1.54, 1.807) is 6.20 Å². The quantitative estimate of drug-likeness (QED) is 0.819. The van der Waals surface area contributed by atoms with Crippen LogP contribution in [0.1, 0.15) is 5.56 Å². The molecule has 0 bridgehead atoms. The Balaban J connectivity index is 1.87. The average Bonchev–Trinajstić information content (AvgIpc) is 2.33. The number of nitrogens with two attached hydrogens (primary N) is 1. The van der Waals surface area contributed by atoms with E-state index in [4.69, 9.17) is 5.73 Å². The molecule has 0 aliphatic rings. The lowest BCUT2D eigenvalue weighted by Crippen LogP contribution is -2.07. The first kappa shape index (κ1) is 10.5. The molecule has 0 fully saturated rings.